The Morgan fingerprint density at radius 2 is 1.58 bits per heavy atom. The van der Waals surface area contributed by atoms with E-state index in [-0.39, 0.29) is 0 Å². The van der Waals surface area contributed by atoms with Gasteiger partial charge in [0.05, 0.1) is 12.2 Å². The van der Waals surface area contributed by atoms with Crippen molar-refractivity contribution in [1.29, 1.82) is 0 Å². The van der Waals surface area contributed by atoms with Crippen LogP contribution in [0.2, 0.25) is 0 Å². The van der Waals surface area contributed by atoms with Crippen molar-refractivity contribution in [3.8, 4) is 0 Å². The first-order chi connectivity index (χ1) is 9.01. The van der Waals surface area contributed by atoms with E-state index >= 15 is 0 Å². The van der Waals surface area contributed by atoms with Crippen LogP contribution in [0.15, 0.2) is 0 Å². The lowest BCUT2D eigenvalue weighted by atomic mass is 9.88. The van der Waals surface area contributed by atoms with Crippen LogP contribution in [-0.4, -0.2) is 35.7 Å². The summed E-state index contributed by atoms with van der Waals surface area (Å²) in [5.74, 6) is 0. The van der Waals surface area contributed by atoms with E-state index in [0.717, 1.165) is 13.1 Å². The molecule has 0 aliphatic carbocycles. The molecule has 1 aliphatic heterocycles. The molecule has 1 aliphatic rings. The number of hydrogen-bond donors (Lipinski definition) is 0. The van der Waals surface area contributed by atoms with Gasteiger partial charge >= 0.3 is 0 Å². The van der Waals surface area contributed by atoms with Crippen molar-refractivity contribution in [2.75, 3.05) is 13.1 Å². The molecule has 19 heavy (non-hydrogen) atoms. The molecule has 114 valence electrons. The fourth-order valence-electron chi connectivity index (χ4n) is 3.29. The van der Waals surface area contributed by atoms with Crippen LogP contribution in [0.1, 0.15) is 79.6 Å². The lowest BCUT2D eigenvalue weighted by Crippen LogP contribution is -2.55. The number of unbranched alkanes of at least 4 members (excludes halogenated alkanes) is 4. The van der Waals surface area contributed by atoms with Gasteiger partial charge in [-0.05, 0) is 33.6 Å². The molecule has 1 fully saturated rings. The van der Waals surface area contributed by atoms with Crippen LogP contribution in [0.3, 0.4) is 0 Å². The van der Waals surface area contributed by atoms with E-state index in [4.69, 9.17) is 4.74 Å². The summed E-state index contributed by atoms with van der Waals surface area (Å²) in [4.78, 5) is 2.69. The molecule has 2 heteroatoms. The van der Waals surface area contributed by atoms with Crippen molar-refractivity contribution in [3.63, 3.8) is 0 Å². The number of morpholine rings is 1. The summed E-state index contributed by atoms with van der Waals surface area (Å²) < 4.78 is 5.87. The maximum Gasteiger partial charge on any atom is 0.0678 e. The van der Waals surface area contributed by atoms with E-state index in [2.05, 4.69) is 39.5 Å². The second-order valence-corrected chi connectivity index (χ2v) is 6.68. The second kappa shape index (κ2) is 8.26. The first-order valence-corrected chi connectivity index (χ1v) is 8.42. The predicted octanol–water partition coefficient (Wildman–Crippen LogP) is 4.62. The molecule has 1 rings (SSSR count). The van der Waals surface area contributed by atoms with Gasteiger partial charge in [0.2, 0.25) is 0 Å². The van der Waals surface area contributed by atoms with Gasteiger partial charge in [0.1, 0.15) is 0 Å². The molecule has 0 aromatic rings. The Morgan fingerprint density at radius 1 is 1.00 bits per heavy atom. The summed E-state index contributed by atoms with van der Waals surface area (Å²) in [6.45, 7) is 13.7. The minimum absolute atomic E-state index is 0.374. The fraction of sp³-hybridized carbons (Fsp3) is 1.00. The Bertz CT molecular complexity index is 233. The van der Waals surface area contributed by atoms with E-state index in [0.29, 0.717) is 17.7 Å². The third kappa shape index (κ3) is 5.43. The monoisotopic (exact) mass is 269 g/mol. The van der Waals surface area contributed by atoms with Crippen molar-refractivity contribution in [1.82, 2.24) is 4.90 Å². The molecule has 0 aromatic heterocycles. The summed E-state index contributed by atoms with van der Waals surface area (Å²) in [5.41, 5.74) is 0.374. The number of nitrogens with zero attached hydrogens (tertiary/aromatic N) is 1. The summed E-state index contributed by atoms with van der Waals surface area (Å²) in [7, 11) is 0. The van der Waals surface area contributed by atoms with Gasteiger partial charge in [-0.1, -0.05) is 46.0 Å². The molecule has 0 amide bonds. The Balaban J connectivity index is 2.43. The Hall–Kier alpha value is -0.0800. The van der Waals surface area contributed by atoms with Gasteiger partial charge in [0.15, 0.2) is 0 Å². The largest absolute Gasteiger partial charge is 0.373 e. The number of hydrogen-bond acceptors (Lipinski definition) is 2. The van der Waals surface area contributed by atoms with Crippen LogP contribution in [0, 0.1) is 0 Å². The van der Waals surface area contributed by atoms with Crippen LogP contribution in [0.25, 0.3) is 0 Å². The molecule has 0 spiro atoms. The average molecular weight is 269 g/mol. The van der Waals surface area contributed by atoms with Crippen molar-refractivity contribution in [2.45, 2.75) is 97.3 Å². The molecule has 0 bridgehead atoms. The molecule has 3 unspecified atom stereocenters. The zero-order valence-corrected chi connectivity index (χ0v) is 13.9. The summed E-state index contributed by atoms with van der Waals surface area (Å²) in [6.07, 6.45) is 10.3. The van der Waals surface area contributed by atoms with E-state index in [1.165, 1.54) is 44.9 Å². The number of ether oxygens (including phenoxy) is 1. The van der Waals surface area contributed by atoms with Crippen molar-refractivity contribution in [3.05, 3.63) is 0 Å². The van der Waals surface area contributed by atoms with Crippen LogP contribution in [0.4, 0.5) is 0 Å². The zero-order valence-electron chi connectivity index (χ0n) is 13.9. The lowest BCUT2D eigenvalue weighted by molar-refractivity contribution is -0.102. The molecular weight excluding hydrogens is 234 g/mol. The highest BCUT2D eigenvalue weighted by molar-refractivity contribution is 4.89. The fourth-order valence-corrected chi connectivity index (χ4v) is 3.29. The SMILES string of the molecule is CCCCCCCC(C)(CC)N1CC(C)OC(C)C1. The summed E-state index contributed by atoms with van der Waals surface area (Å²) in [5, 5.41) is 0. The maximum absolute atomic E-state index is 5.87. The standard InChI is InChI=1S/C17H35NO/c1-6-8-9-10-11-12-17(5,7-2)18-13-15(3)19-16(4)14-18/h15-16H,6-14H2,1-5H3. The van der Waals surface area contributed by atoms with Crippen LogP contribution >= 0.6 is 0 Å². The highest BCUT2D eigenvalue weighted by Gasteiger charge is 2.34. The van der Waals surface area contributed by atoms with Crippen molar-refractivity contribution in [2.24, 2.45) is 0 Å². The zero-order chi connectivity index (χ0) is 14.3. The van der Waals surface area contributed by atoms with Gasteiger partial charge in [0.25, 0.3) is 0 Å². The van der Waals surface area contributed by atoms with Gasteiger partial charge in [0, 0.05) is 18.6 Å². The highest BCUT2D eigenvalue weighted by atomic mass is 16.5. The lowest BCUT2D eigenvalue weighted by Gasteiger charge is -2.47. The minimum Gasteiger partial charge on any atom is -0.373 e. The molecule has 0 N–H and O–H groups in total. The van der Waals surface area contributed by atoms with Crippen LogP contribution in [0.5, 0.6) is 0 Å². The minimum atomic E-state index is 0.374. The number of rotatable bonds is 8. The molecular formula is C17H35NO. The first-order valence-electron chi connectivity index (χ1n) is 8.42. The van der Waals surface area contributed by atoms with Crippen molar-refractivity contribution >= 4 is 0 Å². The van der Waals surface area contributed by atoms with Gasteiger partial charge < -0.3 is 4.74 Å². The Morgan fingerprint density at radius 3 is 2.11 bits per heavy atom. The quantitative estimate of drug-likeness (QED) is 0.596. The second-order valence-electron chi connectivity index (χ2n) is 6.68. The van der Waals surface area contributed by atoms with E-state index in [1.807, 2.05) is 0 Å². The topological polar surface area (TPSA) is 12.5 Å². The van der Waals surface area contributed by atoms with Gasteiger partial charge in [-0.25, -0.2) is 0 Å². The van der Waals surface area contributed by atoms with Crippen LogP contribution < -0.4 is 0 Å². The van der Waals surface area contributed by atoms with Gasteiger partial charge in [-0.15, -0.1) is 0 Å². The third-order valence-electron chi connectivity index (χ3n) is 4.76. The summed E-state index contributed by atoms with van der Waals surface area (Å²) in [6, 6.07) is 0. The Labute approximate surface area is 120 Å². The highest BCUT2D eigenvalue weighted by Crippen LogP contribution is 2.29. The van der Waals surface area contributed by atoms with Crippen molar-refractivity contribution < 1.29 is 4.74 Å². The van der Waals surface area contributed by atoms with E-state index < -0.39 is 0 Å². The molecule has 3 atom stereocenters. The van der Waals surface area contributed by atoms with E-state index in [9.17, 15) is 0 Å². The molecule has 2 nitrogen and oxygen atoms in total. The maximum atomic E-state index is 5.87. The molecule has 0 saturated carbocycles. The predicted molar refractivity (Wildman–Crippen MR) is 83.7 cm³/mol. The third-order valence-corrected chi connectivity index (χ3v) is 4.76. The normalized spacial score (nSPS) is 28.3. The molecule has 0 aromatic carbocycles. The smallest absolute Gasteiger partial charge is 0.0678 e. The molecule has 0 radical (unpaired) electrons. The van der Waals surface area contributed by atoms with Crippen LogP contribution in [-0.2, 0) is 4.74 Å². The summed E-state index contributed by atoms with van der Waals surface area (Å²) >= 11 is 0. The average Bonchev–Trinajstić information content (AvgIpc) is 2.37. The van der Waals surface area contributed by atoms with Gasteiger partial charge in [-0.2, -0.15) is 0 Å². The Kier molecular flexibility index (Phi) is 7.38. The first kappa shape index (κ1) is 17.0. The van der Waals surface area contributed by atoms with Gasteiger partial charge in [-0.3, -0.25) is 4.90 Å². The van der Waals surface area contributed by atoms with E-state index in [1.54, 1.807) is 0 Å². The molecule has 1 saturated heterocycles. The molecule has 1 heterocycles.